The first-order valence-electron chi connectivity index (χ1n) is 9.69. The molecule has 0 aliphatic carbocycles. The van der Waals surface area contributed by atoms with Gasteiger partial charge in [0.15, 0.2) is 5.96 Å². The van der Waals surface area contributed by atoms with Gasteiger partial charge in [-0.2, -0.15) is 11.8 Å². The first-order chi connectivity index (χ1) is 12.4. The van der Waals surface area contributed by atoms with Crippen molar-refractivity contribution in [2.24, 2.45) is 10.9 Å². The molecule has 0 amide bonds. The average molecular weight is 505 g/mol. The third kappa shape index (κ3) is 9.05. The van der Waals surface area contributed by atoms with Crippen LogP contribution in [0.25, 0.3) is 0 Å². The summed E-state index contributed by atoms with van der Waals surface area (Å²) >= 11 is 1.88. The van der Waals surface area contributed by atoms with E-state index in [1.807, 2.05) is 18.8 Å². The van der Waals surface area contributed by atoms with E-state index in [4.69, 9.17) is 0 Å². The van der Waals surface area contributed by atoms with Gasteiger partial charge >= 0.3 is 0 Å². The zero-order chi connectivity index (χ0) is 19.0. The largest absolute Gasteiger partial charge is 0.356 e. The van der Waals surface area contributed by atoms with E-state index in [9.17, 15) is 0 Å². The second kappa shape index (κ2) is 12.2. The summed E-state index contributed by atoms with van der Waals surface area (Å²) in [7, 11) is 1.85. The van der Waals surface area contributed by atoms with Crippen LogP contribution in [0.2, 0.25) is 0 Å². The molecule has 0 atom stereocenters. The molecule has 6 heteroatoms. The number of halogens is 1. The molecule has 1 aliphatic heterocycles. The molecule has 0 bridgehead atoms. The summed E-state index contributed by atoms with van der Waals surface area (Å²) in [5, 5.41) is 6.97. The average Bonchev–Trinajstić information content (AvgIpc) is 2.65. The highest BCUT2D eigenvalue weighted by Crippen LogP contribution is 2.20. The molecule has 1 fully saturated rings. The Kier molecular flexibility index (Phi) is 11.1. The van der Waals surface area contributed by atoms with Gasteiger partial charge in [-0.3, -0.25) is 9.89 Å². The van der Waals surface area contributed by atoms with Crippen molar-refractivity contribution in [2.45, 2.75) is 44.9 Å². The fraction of sp³-hybridized carbons (Fsp3) is 0.667. The molecule has 1 heterocycles. The summed E-state index contributed by atoms with van der Waals surface area (Å²) < 4.78 is 0.221. The fourth-order valence-corrected chi connectivity index (χ4v) is 3.35. The molecule has 1 aliphatic rings. The van der Waals surface area contributed by atoms with Gasteiger partial charge < -0.3 is 10.6 Å². The van der Waals surface area contributed by atoms with Gasteiger partial charge in [-0.05, 0) is 64.4 Å². The fourth-order valence-electron chi connectivity index (χ4n) is 3.13. The minimum Gasteiger partial charge on any atom is -0.356 e. The monoisotopic (exact) mass is 504 g/mol. The Hall–Kier alpha value is -0.470. The Labute approximate surface area is 187 Å². The molecule has 27 heavy (non-hydrogen) atoms. The molecule has 154 valence electrons. The third-order valence-electron chi connectivity index (χ3n) is 5.25. The van der Waals surface area contributed by atoms with E-state index in [-0.39, 0.29) is 28.7 Å². The zero-order valence-electron chi connectivity index (χ0n) is 17.5. The molecule has 1 aromatic carbocycles. The second-order valence-electron chi connectivity index (χ2n) is 7.98. The summed E-state index contributed by atoms with van der Waals surface area (Å²) in [6, 6.07) is 8.94. The summed E-state index contributed by atoms with van der Waals surface area (Å²) in [4.78, 5) is 6.94. The van der Waals surface area contributed by atoms with Crippen LogP contribution in [0.3, 0.4) is 0 Å². The number of thioether (sulfide) groups is 1. The number of benzene rings is 1. The van der Waals surface area contributed by atoms with E-state index in [0.29, 0.717) is 0 Å². The van der Waals surface area contributed by atoms with Gasteiger partial charge in [-0.25, -0.2) is 0 Å². The molecule has 0 saturated carbocycles. The lowest BCUT2D eigenvalue weighted by atomic mass is 9.96. The summed E-state index contributed by atoms with van der Waals surface area (Å²) in [6.07, 6.45) is 4.67. The Morgan fingerprint density at radius 1 is 1.19 bits per heavy atom. The summed E-state index contributed by atoms with van der Waals surface area (Å²) in [5.74, 6) is 1.66. The van der Waals surface area contributed by atoms with Gasteiger partial charge in [0.25, 0.3) is 0 Å². The van der Waals surface area contributed by atoms with E-state index >= 15 is 0 Å². The topological polar surface area (TPSA) is 39.7 Å². The number of rotatable bonds is 7. The van der Waals surface area contributed by atoms with Crippen molar-refractivity contribution < 1.29 is 0 Å². The third-order valence-corrected chi connectivity index (χ3v) is 6.50. The van der Waals surface area contributed by atoms with E-state index in [1.165, 1.54) is 37.1 Å². The van der Waals surface area contributed by atoms with Crippen molar-refractivity contribution in [2.75, 3.05) is 39.5 Å². The lowest BCUT2D eigenvalue weighted by Gasteiger charge is -2.32. The number of nitrogens with zero attached hydrogens (tertiary/aromatic N) is 2. The normalized spacial score (nSPS) is 16.7. The van der Waals surface area contributed by atoms with E-state index in [2.05, 4.69) is 71.8 Å². The maximum Gasteiger partial charge on any atom is 0.191 e. The maximum absolute atomic E-state index is 4.36. The molecule has 0 aromatic heterocycles. The SMILES string of the molecule is CN=C(NCC1CCN(Cc2ccc(C)cc2)CC1)NCC(C)(C)SC.I. The van der Waals surface area contributed by atoms with Crippen LogP contribution in [0.15, 0.2) is 29.3 Å². The van der Waals surface area contributed by atoms with E-state index < -0.39 is 0 Å². The Balaban J connectivity index is 0.00000364. The second-order valence-corrected chi connectivity index (χ2v) is 9.49. The minimum absolute atomic E-state index is 0. The molecule has 0 unspecified atom stereocenters. The van der Waals surface area contributed by atoms with Crippen LogP contribution < -0.4 is 10.6 Å². The lowest BCUT2D eigenvalue weighted by Crippen LogP contribution is -2.45. The highest BCUT2D eigenvalue weighted by atomic mass is 127. The van der Waals surface area contributed by atoms with Crippen molar-refractivity contribution in [3.63, 3.8) is 0 Å². The Morgan fingerprint density at radius 3 is 2.37 bits per heavy atom. The molecule has 1 saturated heterocycles. The van der Waals surface area contributed by atoms with Crippen LogP contribution in [0, 0.1) is 12.8 Å². The van der Waals surface area contributed by atoms with E-state index in [1.54, 1.807) is 0 Å². The summed E-state index contributed by atoms with van der Waals surface area (Å²) in [6.45, 7) is 12.0. The van der Waals surface area contributed by atoms with Gasteiger partial charge in [0, 0.05) is 31.4 Å². The van der Waals surface area contributed by atoms with Crippen LogP contribution in [0.5, 0.6) is 0 Å². The lowest BCUT2D eigenvalue weighted by molar-refractivity contribution is 0.178. The van der Waals surface area contributed by atoms with Crippen LogP contribution in [-0.2, 0) is 6.54 Å². The van der Waals surface area contributed by atoms with Gasteiger partial charge in [-0.15, -0.1) is 24.0 Å². The van der Waals surface area contributed by atoms with Crippen LogP contribution in [-0.4, -0.2) is 55.1 Å². The minimum atomic E-state index is 0. The number of guanidine groups is 1. The van der Waals surface area contributed by atoms with Gasteiger partial charge in [-0.1, -0.05) is 29.8 Å². The van der Waals surface area contributed by atoms with Gasteiger partial charge in [0.2, 0.25) is 0 Å². The Bertz CT molecular complexity index is 566. The maximum atomic E-state index is 4.36. The highest BCUT2D eigenvalue weighted by molar-refractivity contribution is 14.0. The van der Waals surface area contributed by atoms with Crippen molar-refractivity contribution in [1.82, 2.24) is 15.5 Å². The number of aliphatic imine (C=N–C) groups is 1. The van der Waals surface area contributed by atoms with Crippen molar-refractivity contribution in [3.05, 3.63) is 35.4 Å². The number of aryl methyl sites for hydroxylation is 1. The molecule has 2 N–H and O–H groups in total. The standard InChI is InChI=1S/C21H36N4S.HI/c1-17-6-8-19(9-7-17)15-25-12-10-18(11-13-25)14-23-20(22-4)24-16-21(2,3)26-5;/h6-9,18H,10-16H2,1-5H3,(H2,22,23,24);1H. The van der Waals surface area contributed by atoms with Gasteiger partial charge in [0.1, 0.15) is 0 Å². The molecular weight excluding hydrogens is 467 g/mol. The zero-order valence-corrected chi connectivity index (χ0v) is 20.7. The predicted octanol–water partition coefficient (Wildman–Crippen LogP) is 4.13. The number of nitrogens with one attached hydrogen (secondary N) is 2. The number of piperidine rings is 1. The smallest absolute Gasteiger partial charge is 0.191 e. The number of hydrogen-bond acceptors (Lipinski definition) is 3. The molecule has 0 spiro atoms. The van der Waals surface area contributed by atoms with Crippen LogP contribution >= 0.6 is 35.7 Å². The number of hydrogen-bond donors (Lipinski definition) is 2. The molecular formula is C21H37IN4S. The summed E-state index contributed by atoms with van der Waals surface area (Å²) in [5.41, 5.74) is 2.76. The molecule has 4 nitrogen and oxygen atoms in total. The molecule has 0 radical (unpaired) electrons. The van der Waals surface area contributed by atoms with Crippen molar-refractivity contribution in [1.29, 1.82) is 0 Å². The highest BCUT2D eigenvalue weighted by Gasteiger charge is 2.20. The van der Waals surface area contributed by atoms with Crippen LogP contribution in [0.4, 0.5) is 0 Å². The predicted molar refractivity (Wildman–Crippen MR) is 132 cm³/mol. The Morgan fingerprint density at radius 2 is 1.81 bits per heavy atom. The first kappa shape index (κ1) is 24.6. The molecule has 2 rings (SSSR count). The quantitative estimate of drug-likeness (QED) is 0.333. The number of likely N-dealkylation sites (tertiary alicyclic amines) is 1. The van der Waals surface area contributed by atoms with Crippen molar-refractivity contribution >= 4 is 41.7 Å². The van der Waals surface area contributed by atoms with Crippen molar-refractivity contribution in [3.8, 4) is 0 Å². The molecule has 1 aromatic rings. The van der Waals surface area contributed by atoms with E-state index in [0.717, 1.165) is 31.5 Å². The van der Waals surface area contributed by atoms with Gasteiger partial charge in [0.05, 0.1) is 0 Å². The first-order valence-corrected chi connectivity index (χ1v) is 10.9. The van der Waals surface area contributed by atoms with Crippen LogP contribution in [0.1, 0.15) is 37.8 Å².